The van der Waals surface area contributed by atoms with Gasteiger partial charge in [0.1, 0.15) is 0 Å². The minimum atomic E-state index is 0. The van der Waals surface area contributed by atoms with Crippen molar-refractivity contribution in [1.82, 2.24) is 0 Å². The molecule has 0 aliphatic carbocycles. The van der Waals surface area contributed by atoms with Gasteiger partial charge in [-0.1, -0.05) is 12.1 Å². The molecule has 1 radical (unpaired) electrons. The van der Waals surface area contributed by atoms with E-state index in [1.165, 1.54) is 5.30 Å². The normalized spacial score (nSPS) is 15.6. The van der Waals surface area contributed by atoms with Gasteiger partial charge in [0, 0.05) is 24.8 Å². The molecule has 0 N–H and O–H groups in total. The minimum Gasteiger partial charge on any atom is -0.286 e. The average Bonchev–Trinajstić information content (AvgIpc) is 2.05. The second-order valence-corrected chi connectivity index (χ2v) is 3.57. The van der Waals surface area contributed by atoms with Crippen LogP contribution < -0.4 is 5.30 Å². The van der Waals surface area contributed by atoms with E-state index in [1.54, 1.807) is 0 Å². The zero-order chi connectivity index (χ0) is 6.81. The van der Waals surface area contributed by atoms with Gasteiger partial charge in [-0.05, 0) is 5.56 Å². The van der Waals surface area contributed by atoms with Gasteiger partial charge in [0.25, 0.3) is 6.29 Å². The molecule has 1 atom stereocenters. The predicted molar refractivity (Wildman–Crippen MR) is 45.4 cm³/mol. The third-order valence-corrected chi connectivity index (χ3v) is 2.81. The van der Waals surface area contributed by atoms with Crippen LogP contribution >= 0.6 is 8.58 Å². The summed E-state index contributed by atoms with van der Waals surface area (Å²) >= 11 is 0. The standard InChI is InChI=1S/C8H7OP.Rh/c1-2-4-8-7(3-1)5-9-6-10-8;/h1-4,10H,6H2;/p+1. The Kier molecular flexibility index (Phi) is 3.36. The van der Waals surface area contributed by atoms with Crippen molar-refractivity contribution in [1.29, 1.82) is 0 Å². The fraction of sp³-hybridized carbons (Fsp3) is 0.125. The first-order valence-corrected chi connectivity index (χ1v) is 4.66. The van der Waals surface area contributed by atoms with Crippen molar-refractivity contribution in [2.75, 3.05) is 6.35 Å². The molecule has 0 amide bonds. The summed E-state index contributed by atoms with van der Waals surface area (Å²) in [6.45, 7) is 0. The summed E-state index contributed by atoms with van der Waals surface area (Å²) in [4.78, 5) is 0. The molecule has 2 rings (SSSR count). The van der Waals surface area contributed by atoms with Crippen LogP contribution in [0.1, 0.15) is 5.56 Å². The third kappa shape index (κ3) is 1.95. The molecule has 1 unspecified atom stereocenters. The van der Waals surface area contributed by atoms with Gasteiger partial charge in [-0.25, -0.2) is 0 Å². The van der Waals surface area contributed by atoms with Crippen molar-refractivity contribution < 1.29 is 23.9 Å². The first kappa shape index (κ1) is 9.03. The van der Waals surface area contributed by atoms with Gasteiger partial charge in [0.2, 0.25) is 0 Å². The zero-order valence-electron chi connectivity index (χ0n) is 5.84. The quantitative estimate of drug-likeness (QED) is 0.279. The Morgan fingerprint density at radius 1 is 1.36 bits per heavy atom. The van der Waals surface area contributed by atoms with Crippen LogP contribution in [0.15, 0.2) is 24.3 Å². The Hall–Kier alpha value is -0.0566. The monoisotopic (exact) mass is 254 g/mol. The summed E-state index contributed by atoms with van der Waals surface area (Å²) in [5, 5.41) is 1.42. The van der Waals surface area contributed by atoms with E-state index in [1.807, 2.05) is 12.1 Å². The number of hydrogen-bond acceptors (Lipinski definition) is 0. The van der Waals surface area contributed by atoms with Crippen LogP contribution in [-0.4, -0.2) is 12.6 Å². The topological polar surface area (TPSA) is 11.3 Å². The van der Waals surface area contributed by atoms with Crippen molar-refractivity contribution in [3.63, 3.8) is 0 Å². The summed E-state index contributed by atoms with van der Waals surface area (Å²) in [6, 6.07) is 8.28. The minimum absolute atomic E-state index is 0. The van der Waals surface area contributed by atoms with Crippen molar-refractivity contribution in [2.24, 2.45) is 0 Å². The summed E-state index contributed by atoms with van der Waals surface area (Å²) in [7, 11) is 0.330. The number of benzene rings is 1. The molecular weight excluding hydrogens is 246 g/mol. The van der Waals surface area contributed by atoms with Crippen LogP contribution in [0.2, 0.25) is 0 Å². The fourth-order valence-electron chi connectivity index (χ4n) is 1.02. The number of hydrogen-bond donors (Lipinski definition) is 0. The Morgan fingerprint density at radius 3 is 3.00 bits per heavy atom. The third-order valence-electron chi connectivity index (χ3n) is 1.53. The Balaban J connectivity index is 0.000000605. The summed E-state index contributed by atoms with van der Waals surface area (Å²) in [6.07, 6.45) is 3.74. The maximum Gasteiger partial charge on any atom is 0.332 e. The summed E-state index contributed by atoms with van der Waals surface area (Å²) < 4.78 is 5.08. The molecule has 0 aromatic heterocycles. The second kappa shape index (κ2) is 4.09. The molecule has 0 spiro atoms. The van der Waals surface area contributed by atoms with Gasteiger partial charge in [-0.15, -0.1) is 6.07 Å². The van der Waals surface area contributed by atoms with E-state index in [0.717, 1.165) is 11.9 Å². The van der Waals surface area contributed by atoms with Gasteiger partial charge in [0.15, 0.2) is 0 Å². The van der Waals surface area contributed by atoms with E-state index < -0.39 is 0 Å². The van der Waals surface area contributed by atoms with Crippen LogP contribution in [0.25, 0.3) is 0 Å². The molecule has 1 aromatic rings. The van der Waals surface area contributed by atoms with E-state index in [2.05, 4.69) is 18.4 Å². The molecule has 1 nitrogen and oxygen atoms in total. The molecule has 3 heteroatoms. The van der Waals surface area contributed by atoms with E-state index in [-0.39, 0.29) is 19.5 Å². The molecule has 0 saturated heterocycles. The van der Waals surface area contributed by atoms with Crippen molar-refractivity contribution in [3.05, 3.63) is 29.8 Å². The Morgan fingerprint density at radius 2 is 2.18 bits per heavy atom. The second-order valence-electron chi connectivity index (χ2n) is 2.20. The van der Waals surface area contributed by atoms with E-state index >= 15 is 0 Å². The van der Waals surface area contributed by atoms with Gasteiger partial charge in [0.05, 0.1) is 8.58 Å². The molecule has 0 saturated carbocycles. The maximum absolute atomic E-state index is 5.08. The van der Waals surface area contributed by atoms with Gasteiger partial charge >= 0.3 is 6.35 Å². The van der Waals surface area contributed by atoms with Crippen LogP contribution in [-0.2, 0) is 23.9 Å². The molecule has 1 aromatic carbocycles. The largest absolute Gasteiger partial charge is 0.332 e. The maximum atomic E-state index is 5.08. The van der Waals surface area contributed by atoms with Gasteiger partial charge in [-0.3, -0.25) is 4.42 Å². The van der Waals surface area contributed by atoms with Crippen molar-refractivity contribution >= 4 is 20.2 Å². The van der Waals surface area contributed by atoms with Crippen LogP contribution in [0, 0.1) is 0 Å². The Bertz CT molecular complexity index is 273. The van der Waals surface area contributed by atoms with E-state index in [0.29, 0.717) is 8.58 Å². The van der Waals surface area contributed by atoms with Crippen LogP contribution in [0.3, 0.4) is 0 Å². The summed E-state index contributed by atoms with van der Waals surface area (Å²) in [5.41, 5.74) is 1.14. The number of rotatable bonds is 0. The van der Waals surface area contributed by atoms with E-state index in [9.17, 15) is 0 Å². The molecular formula is C8H8OPRh+. The molecule has 11 heavy (non-hydrogen) atoms. The fourth-order valence-corrected chi connectivity index (χ4v) is 1.99. The smallest absolute Gasteiger partial charge is 0.286 e. The molecule has 1 heterocycles. The molecule has 1 aliphatic heterocycles. The van der Waals surface area contributed by atoms with Gasteiger partial charge in [-0.2, -0.15) is 6.07 Å². The van der Waals surface area contributed by atoms with E-state index in [4.69, 9.17) is 4.42 Å². The van der Waals surface area contributed by atoms with Gasteiger partial charge < -0.3 is 0 Å². The Labute approximate surface area is 80.4 Å². The van der Waals surface area contributed by atoms with Crippen molar-refractivity contribution in [2.45, 2.75) is 0 Å². The molecule has 59 valence electrons. The average molecular weight is 254 g/mol. The molecule has 1 aliphatic rings. The predicted octanol–water partition coefficient (Wildman–Crippen LogP) is 0.685. The first-order valence-electron chi connectivity index (χ1n) is 3.27. The summed E-state index contributed by atoms with van der Waals surface area (Å²) in [5.74, 6) is 0. The SMILES string of the molecule is [C-]1=[O+]C[PH2+]c2ccccc21.[Rh]. The number of fused-ring (bicyclic) bond motifs is 1. The van der Waals surface area contributed by atoms with Crippen LogP contribution in [0.5, 0.6) is 0 Å². The van der Waals surface area contributed by atoms with Crippen molar-refractivity contribution in [3.8, 4) is 0 Å². The zero-order valence-corrected chi connectivity index (χ0v) is 8.63. The molecule has 0 fully saturated rings. The first-order chi connectivity index (χ1) is 4.97. The number of carbonyl (C=O) groups excluding carboxylic acids is 1. The molecule has 0 bridgehead atoms. The van der Waals surface area contributed by atoms with Crippen LogP contribution in [0.4, 0.5) is 0 Å².